The summed E-state index contributed by atoms with van der Waals surface area (Å²) in [6, 6.07) is 5.83. The second-order valence-corrected chi connectivity index (χ2v) is 3.70. The van der Waals surface area contributed by atoms with Crippen molar-refractivity contribution >= 4 is 0 Å². The first kappa shape index (κ1) is 13.1. The Labute approximate surface area is 94.9 Å². The third kappa shape index (κ3) is 4.70. The molecule has 0 aromatic heterocycles. The highest BCUT2D eigenvalue weighted by molar-refractivity contribution is 5.18. The van der Waals surface area contributed by atoms with Crippen molar-refractivity contribution < 1.29 is 14.6 Å². The van der Waals surface area contributed by atoms with Crippen molar-refractivity contribution in [3.8, 4) is 0 Å². The molecule has 1 unspecified atom stereocenters. The lowest BCUT2D eigenvalue weighted by atomic mass is 10.1. The third-order valence-corrected chi connectivity index (χ3v) is 2.35. The van der Waals surface area contributed by atoms with Crippen molar-refractivity contribution in [2.75, 3.05) is 19.7 Å². The summed E-state index contributed by atoms with van der Waals surface area (Å²) in [4.78, 5) is 0. The van der Waals surface area contributed by atoms with E-state index in [1.54, 1.807) is 12.1 Å². The summed E-state index contributed by atoms with van der Waals surface area (Å²) < 4.78 is 12.6. The summed E-state index contributed by atoms with van der Waals surface area (Å²) in [6.45, 7) is 1.40. The predicted molar refractivity (Wildman–Crippen MR) is 60.5 cm³/mol. The first-order valence-corrected chi connectivity index (χ1v) is 5.49. The molecule has 0 saturated carbocycles. The second kappa shape index (κ2) is 7.33. The predicted octanol–water partition coefficient (Wildman–Crippen LogP) is 1.22. The Hall–Kier alpha value is -0.970. The molecule has 0 fully saturated rings. The number of hydrogen-bond donors (Lipinski definition) is 3. The van der Waals surface area contributed by atoms with Crippen LogP contribution < -0.4 is 5.32 Å². The van der Waals surface area contributed by atoms with E-state index in [0.717, 1.165) is 19.4 Å². The van der Waals surface area contributed by atoms with Gasteiger partial charge in [-0.15, -0.1) is 0 Å². The molecule has 0 aliphatic rings. The molecule has 0 amide bonds. The molecule has 1 atom stereocenters. The molecular weight excluding hydrogens is 209 g/mol. The van der Waals surface area contributed by atoms with Gasteiger partial charge < -0.3 is 15.5 Å². The number of nitrogens with one attached hydrogen (secondary N) is 1. The minimum Gasteiger partial charge on any atom is -0.396 e. The van der Waals surface area contributed by atoms with Gasteiger partial charge in [0.2, 0.25) is 0 Å². The van der Waals surface area contributed by atoms with Crippen LogP contribution in [-0.2, 0) is 0 Å². The molecule has 1 aromatic carbocycles. The molecule has 90 valence electrons. The highest BCUT2D eigenvalue weighted by Crippen LogP contribution is 2.12. The zero-order valence-corrected chi connectivity index (χ0v) is 9.19. The minimum absolute atomic E-state index is 0.197. The highest BCUT2D eigenvalue weighted by Gasteiger charge is 2.06. The van der Waals surface area contributed by atoms with Gasteiger partial charge in [0.05, 0.1) is 6.10 Å². The normalized spacial score (nSPS) is 12.7. The quantitative estimate of drug-likeness (QED) is 0.614. The smallest absolute Gasteiger partial charge is 0.123 e. The van der Waals surface area contributed by atoms with Crippen LogP contribution in [0.1, 0.15) is 24.5 Å². The van der Waals surface area contributed by atoms with Crippen molar-refractivity contribution in [2.24, 2.45) is 0 Å². The number of rotatable bonds is 7. The SMILES string of the molecule is OCCCCNCC(O)c1ccc(F)cc1. The Balaban J connectivity index is 2.24. The van der Waals surface area contributed by atoms with Crippen LogP contribution in [-0.4, -0.2) is 29.9 Å². The Kier molecular flexibility index (Phi) is 6.00. The fourth-order valence-corrected chi connectivity index (χ4v) is 1.40. The average molecular weight is 227 g/mol. The minimum atomic E-state index is -0.616. The van der Waals surface area contributed by atoms with Gasteiger partial charge in [-0.25, -0.2) is 4.39 Å². The van der Waals surface area contributed by atoms with E-state index in [1.165, 1.54) is 12.1 Å². The summed E-state index contributed by atoms with van der Waals surface area (Å²) in [5, 5.41) is 21.4. The summed E-state index contributed by atoms with van der Waals surface area (Å²) in [5.74, 6) is -0.299. The van der Waals surface area contributed by atoms with Gasteiger partial charge in [0.25, 0.3) is 0 Å². The number of benzene rings is 1. The van der Waals surface area contributed by atoms with Crippen LogP contribution in [0, 0.1) is 5.82 Å². The van der Waals surface area contributed by atoms with E-state index in [0.29, 0.717) is 12.1 Å². The molecule has 0 saturated heterocycles. The first-order valence-electron chi connectivity index (χ1n) is 5.49. The maximum atomic E-state index is 12.6. The maximum absolute atomic E-state index is 12.6. The molecule has 3 nitrogen and oxygen atoms in total. The number of aliphatic hydroxyl groups excluding tert-OH is 2. The zero-order chi connectivity index (χ0) is 11.8. The molecule has 1 rings (SSSR count). The standard InChI is InChI=1S/C12H18FNO2/c13-11-5-3-10(4-6-11)12(16)9-14-7-1-2-8-15/h3-6,12,14-16H,1-2,7-9H2. The first-order chi connectivity index (χ1) is 7.74. The maximum Gasteiger partial charge on any atom is 0.123 e. The Morgan fingerprint density at radius 3 is 2.50 bits per heavy atom. The largest absolute Gasteiger partial charge is 0.396 e. The van der Waals surface area contributed by atoms with Gasteiger partial charge in [0.1, 0.15) is 5.82 Å². The molecule has 0 heterocycles. The highest BCUT2D eigenvalue weighted by atomic mass is 19.1. The van der Waals surface area contributed by atoms with Gasteiger partial charge in [-0.2, -0.15) is 0 Å². The molecule has 0 aliphatic heterocycles. The van der Waals surface area contributed by atoms with E-state index >= 15 is 0 Å². The fourth-order valence-electron chi connectivity index (χ4n) is 1.40. The summed E-state index contributed by atoms with van der Waals surface area (Å²) in [5.41, 5.74) is 0.705. The zero-order valence-electron chi connectivity index (χ0n) is 9.19. The van der Waals surface area contributed by atoms with Crippen molar-refractivity contribution in [3.05, 3.63) is 35.6 Å². The van der Waals surface area contributed by atoms with E-state index in [9.17, 15) is 9.50 Å². The summed E-state index contributed by atoms with van der Waals surface area (Å²) >= 11 is 0. The van der Waals surface area contributed by atoms with E-state index in [1.807, 2.05) is 0 Å². The third-order valence-electron chi connectivity index (χ3n) is 2.35. The Morgan fingerprint density at radius 1 is 1.19 bits per heavy atom. The Bertz CT molecular complexity index is 290. The van der Waals surface area contributed by atoms with Crippen LogP contribution in [0.25, 0.3) is 0 Å². The molecule has 0 bridgehead atoms. The van der Waals surface area contributed by atoms with E-state index in [-0.39, 0.29) is 12.4 Å². The van der Waals surface area contributed by atoms with Crippen molar-refractivity contribution in [2.45, 2.75) is 18.9 Å². The van der Waals surface area contributed by atoms with Gasteiger partial charge in [0.15, 0.2) is 0 Å². The molecule has 3 N–H and O–H groups in total. The monoisotopic (exact) mass is 227 g/mol. The summed E-state index contributed by atoms with van der Waals surface area (Å²) in [7, 11) is 0. The second-order valence-electron chi connectivity index (χ2n) is 3.70. The number of halogens is 1. The summed E-state index contributed by atoms with van der Waals surface area (Å²) in [6.07, 6.45) is 1.03. The van der Waals surface area contributed by atoms with Crippen LogP contribution in [0.3, 0.4) is 0 Å². The van der Waals surface area contributed by atoms with Gasteiger partial charge in [0, 0.05) is 13.2 Å². The lowest BCUT2D eigenvalue weighted by molar-refractivity contribution is 0.174. The molecule has 0 spiro atoms. The van der Waals surface area contributed by atoms with E-state index in [4.69, 9.17) is 5.11 Å². The topological polar surface area (TPSA) is 52.5 Å². The van der Waals surface area contributed by atoms with Crippen LogP contribution >= 0.6 is 0 Å². The van der Waals surface area contributed by atoms with Crippen LogP contribution in [0.5, 0.6) is 0 Å². The molecule has 1 aromatic rings. The lowest BCUT2D eigenvalue weighted by Gasteiger charge is -2.11. The van der Waals surface area contributed by atoms with Crippen molar-refractivity contribution in [3.63, 3.8) is 0 Å². The van der Waals surface area contributed by atoms with Gasteiger partial charge in [-0.3, -0.25) is 0 Å². The van der Waals surface area contributed by atoms with E-state index in [2.05, 4.69) is 5.32 Å². The Morgan fingerprint density at radius 2 is 1.88 bits per heavy atom. The molecule has 16 heavy (non-hydrogen) atoms. The average Bonchev–Trinajstić information content (AvgIpc) is 2.29. The lowest BCUT2D eigenvalue weighted by Crippen LogP contribution is -2.22. The van der Waals surface area contributed by atoms with E-state index < -0.39 is 6.10 Å². The van der Waals surface area contributed by atoms with Crippen molar-refractivity contribution in [1.29, 1.82) is 0 Å². The van der Waals surface area contributed by atoms with Crippen LogP contribution in [0.2, 0.25) is 0 Å². The van der Waals surface area contributed by atoms with Gasteiger partial charge in [-0.1, -0.05) is 12.1 Å². The van der Waals surface area contributed by atoms with Crippen LogP contribution in [0.15, 0.2) is 24.3 Å². The van der Waals surface area contributed by atoms with Gasteiger partial charge >= 0.3 is 0 Å². The van der Waals surface area contributed by atoms with Gasteiger partial charge in [-0.05, 0) is 37.1 Å². The molecule has 0 aliphatic carbocycles. The van der Waals surface area contributed by atoms with Crippen molar-refractivity contribution in [1.82, 2.24) is 5.32 Å². The number of unbranched alkanes of at least 4 members (excludes halogenated alkanes) is 1. The molecule has 0 radical (unpaired) electrons. The number of hydrogen-bond acceptors (Lipinski definition) is 3. The fraction of sp³-hybridized carbons (Fsp3) is 0.500. The number of aliphatic hydroxyl groups is 2. The van der Waals surface area contributed by atoms with Crippen LogP contribution in [0.4, 0.5) is 4.39 Å². The molecular formula is C12H18FNO2. The molecule has 4 heteroatoms.